The lowest BCUT2D eigenvalue weighted by atomic mass is 10.2. The Morgan fingerprint density at radius 1 is 1.28 bits per heavy atom. The smallest absolute Gasteiger partial charge is 0.0351 e. The normalized spacial score (nSPS) is 11.3. The van der Waals surface area contributed by atoms with Crippen LogP contribution in [0.2, 0.25) is 0 Å². The minimum Gasteiger partial charge on any atom is -0.312 e. The Kier molecular flexibility index (Phi) is 5.38. The summed E-state index contributed by atoms with van der Waals surface area (Å²) in [6.45, 7) is 3.23. The molecule has 0 spiro atoms. The molecule has 0 radical (unpaired) electrons. The molecule has 4 heteroatoms. The van der Waals surface area contributed by atoms with E-state index in [0.29, 0.717) is 0 Å². The highest BCUT2D eigenvalue weighted by Gasteiger charge is 2.02. The van der Waals surface area contributed by atoms with E-state index in [-0.39, 0.29) is 0 Å². The van der Waals surface area contributed by atoms with E-state index in [1.807, 2.05) is 11.3 Å². The van der Waals surface area contributed by atoms with Crippen molar-refractivity contribution in [3.8, 4) is 10.4 Å². The lowest BCUT2D eigenvalue weighted by Crippen LogP contribution is -2.20. The largest absolute Gasteiger partial charge is 0.312 e. The fourth-order valence-corrected chi connectivity index (χ4v) is 3.42. The number of nitrogens with one attached hydrogen (secondary N) is 1. The van der Waals surface area contributed by atoms with Crippen molar-refractivity contribution < 1.29 is 0 Å². The van der Waals surface area contributed by atoms with Gasteiger partial charge in [0.1, 0.15) is 0 Å². The van der Waals surface area contributed by atoms with Crippen molar-refractivity contribution in [3.63, 3.8) is 0 Å². The van der Waals surface area contributed by atoms with E-state index in [2.05, 4.69) is 53.3 Å². The summed E-state index contributed by atoms with van der Waals surface area (Å²) < 4.78 is 0. The molecule has 0 amide bonds. The van der Waals surface area contributed by atoms with Gasteiger partial charge < -0.3 is 10.2 Å². The molecule has 1 N–H and O–H groups in total. The number of rotatable bonds is 7. The second kappa shape index (κ2) is 7.04. The van der Waals surface area contributed by atoms with Gasteiger partial charge in [0.25, 0.3) is 0 Å². The zero-order valence-corrected chi connectivity index (χ0v) is 12.6. The van der Waals surface area contributed by atoms with Crippen molar-refractivity contribution in [2.24, 2.45) is 0 Å². The highest BCUT2D eigenvalue weighted by molar-refractivity contribution is 7.14. The van der Waals surface area contributed by atoms with Gasteiger partial charge in [-0.15, -0.1) is 22.7 Å². The summed E-state index contributed by atoms with van der Waals surface area (Å²) in [4.78, 5) is 5.01. The van der Waals surface area contributed by atoms with Crippen LogP contribution in [0.4, 0.5) is 0 Å². The van der Waals surface area contributed by atoms with Gasteiger partial charge in [0.05, 0.1) is 0 Å². The van der Waals surface area contributed by atoms with Gasteiger partial charge in [0.15, 0.2) is 0 Å². The van der Waals surface area contributed by atoms with Crippen LogP contribution >= 0.6 is 22.7 Å². The van der Waals surface area contributed by atoms with E-state index in [0.717, 1.165) is 19.6 Å². The molecule has 0 atom stereocenters. The lowest BCUT2D eigenvalue weighted by Gasteiger charge is -2.09. The number of hydrogen-bond acceptors (Lipinski definition) is 4. The number of thiophene rings is 2. The number of nitrogens with zero attached hydrogens (tertiary/aromatic N) is 1. The van der Waals surface area contributed by atoms with Gasteiger partial charge in [-0.05, 0) is 56.5 Å². The average Bonchev–Trinajstić information content (AvgIpc) is 2.98. The maximum Gasteiger partial charge on any atom is 0.0351 e. The van der Waals surface area contributed by atoms with Crippen LogP contribution in [0.25, 0.3) is 10.4 Å². The van der Waals surface area contributed by atoms with Crippen LogP contribution in [-0.4, -0.2) is 32.1 Å². The summed E-state index contributed by atoms with van der Waals surface area (Å²) in [6, 6.07) is 6.59. The first-order valence-corrected chi connectivity index (χ1v) is 7.98. The molecule has 18 heavy (non-hydrogen) atoms. The van der Waals surface area contributed by atoms with Gasteiger partial charge in [-0.1, -0.05) is 6.07 Å². The molecule has 2 aromatic rings. The maximum atomic E-state index is 3.50. The molecule has 98 valence electrons. The zero-order chi connectivity index (χ0) is 12.8. The summed E-state index contributed by atoms with van der Waals surface area (Å²) in [5, 5.41) is 7.89. The molecule has 0 saturated heterocycles. The van der Waals surface area contributed by atoms with Crippen LogP contribution in [0.3, 0.4) is 0 Å². The molecule has 2 heterocycles. The summed E-state index contributed by atoms with van der Waals surface area (Å²) in [6.07, 6.45) is 1.20. The van der Waals surface area contributed by atoms with E-state index in [1.54, 1.807) is 11.3 Å². The van der Waals surface area contributed by atoms with E-state index in [9.17, 15) is 0 Å². The van der Waals surface area contributed by atoms with E-state index >= 15 is 0 Å². The first-order valence-electron chi connectivity index (χ1n) is 6.22. The number of hydrogen-bond donors (Lipinski definition) is 1. The van der Waals surface area contributed by atoms with E-state index in [4.69, 9.17) is 0 Å². The molecule has 0 aliphatic carbocycles. The first kappa shape index (κ1) is 13.7. The van der Waals surface area contributed by atoms with Crippen LogP contribution in [-0.2, 0) is 6.54 Å². The van der Waals surface area contributed by atoms with Crippen molar-refractivity contribution in [3.05, 3.63) is 33.8 Å². The lowest BCUT2D eigenvalue weighted by molar-refractivity contribution is 0.394. The standard InChI is InChI=1S/C14H20N2S2/c1-16(2)7-4-6-15-10-13-9-12(11-18-13)14-5-3-8-17-14/h3,5,8-9,11,15H,4,6-7,10H2,1-2H3. The molecule has 0 aliphatic heterocycles. The second-order valence-corrected chi connectivity index (χ2v) is 6.56. The molecule has 0 saturated carbocycles. The summed E-state index contributed by atoms with van der Waals surface area (Å²) in [5.74, 6) is 0. The molecule has 2 rings (SSSR count). The highest BCUT2D eigenvalue weighted by Crippen LogP contribution is 2.29. The van der Waals surface area contributed by atoms with Gasteiger partial charge in [-0.2, -0.15) is 0 Å². The van der Waals surface area contributed by atoms with Crippen LogP contribution in [0.5, 0.6) is 0 Å². The highest BCUT2D eigenvalue weighted by atomic mass is 32.1. The Labute approximate surface area is 117 Å². The van der Waals surface area contributed by atoms with Crippen molar-refractivity contribution in [2.75, 3.05) is 27.2 Å². The zero-order valence-electron chi connectivity index (χ0n) is 11.0. The third-order valence-corrected chi connectivity index (χ3v) is 4.57. The van der Waals surface area contributed by atoms with Crippen molar-refractivity contribution in [1.29, 1.82) is 0 Å². The Hall–Kier alpha value is -0.680. The van der Waals surface area contributed by atoms with Gasteiger partial charge in [-0.25, -0.2) is 0 Å². The minimum atomic E-state index is 0.990. The Balaban J connectivity index is 1.74. The monoisotopic (exact) mass is 280 g/mol. The van der Waals surface area contributed by atoms with Crippen LogP contribution < -0.4 is 5.32 Å². The first-order chi connectivity index (χ1) is 8.75. The van der Waals surface area contributed by atoms with Crippen LogP contribution in [0.15, 0.2) is 29.0 Å². The van der Waals surface area contributed by atoms with Crippen molar-refractivity contribution in [1.82, 2.24) is 10.2 Å². The Morgan fingerprint density at radius 2 is 2.17 bits per heavy atom. The summed E-state index contributed by atoms with van der Waals surface area (Å²) in [5.41, 5.74) is 1.36. The van der Waals surface area contributed by atoms with Crippen molar-refractivity contribution >= 4 is 22.7 Å². The molecule has 0 unspecified atom stereocenters. The molecule has 0 bridgehead atoms. The third kappa shape index (κ3) is 4.21. The molecule has 0 aliphatic rings. The molecule has 0 aromatic carbocycles. The molecular formula is C14H20N2S2. The van der Waals surface area contributed by atoms with Crippen LogP contribution in [0, 0.1) is 0 Å². The summed E-state index contributed by atoms with van der Waals surface area (Å²) in [7, 11) is 4.24. The Bertz CT molecular complexity index is 446. The average molecular weight is 280 g/mol. The third-order valence-electron chi connectivity index (χ3n) is 2.72. The minimum absolute atomic E-state index is 0.990. The van der Waals surface area contributed by atoms with E-state index in [1.165, 1.54) is 21.7 Å². The van der Waals surface area contributed by atoms with E-state index < -0.39 is 0 Å². The van der Waals surface area contributed by atoms with Crippen molar-refractivity contribution in [2.45, 2.75) is 13.0 Å². The van der Waals surface area contributed by atoms with Gasteiger partial charge in [0, 0.05) is 21.9 Å². The molecule has 2 aromatic heterocycles. The van der Waals surface area contributed by atoms with Crippen LogP contribution in [0.1, 0.15) is 11.3 Å². The maximum absolute atomic E-state index is 3.50. The fourth-order valence-electron chi connectivity index (χ4n) is 1.78. The fraction of sp³-hybridized carbons (Fsp3) is 0.429. The predicted molar refractivity (Wildman–Crippen MR) is 82.5 cm³/mol. The Morgan fingerprint density at radius 3 is 2.89 bits per heavy atom. The predicted octanol–water partition coefficient (Wildman–Crippen LogP) is 3.52. The molecular weight excluding hydrogens is 260 g/mol. The van der Waals surface area contributed by atoms with Gasteiger partial charge >= 0.3 is 0 Å². The molecule has 2 nitrogen and oxygen atoms in total. The molecule has 0 fully saturated rings. The topological polar surface area (TPSA) is 15.3 Å². The second-order valence-electron chi connectivity index (χ2n) is 4.61. The SMILES string of the molecule is CN(C)CCCNCc1cc(-c2cccs2)cs1. The summed E-state index contributed by atoms with van der Waals surface area (Å²) >= 11 is 3.65. The quantitative estimate of drug-likeness (QED) is 0.781. The van der Waals surface area contributed by atoms with Gasteiger partial charge in [-0.3, -0.25) is 0 Å². The van der Waals surface area contributed by atoms with Gasteiger partial charge in [0.2, 0.25) is 0 Å².